The Kier molecular flexibility index (Phi) is 7.42. The fourth-order valence-corrected chi connectivity index (χ4v) is 5.12. The summed E-state index contributed by atoms with van der Waals surface area (Å²) in [4.78, 5) is 19.0. The first kappa shape index (κ1) is 26.2. The minimum absolute atomic E-state index is 0.103. The third-order valence-corrected chi connectivity index (χ3v) is 7.00. The average molecular weight is 565 g/mol. The maximum atomic E-state index is 13.5. The van der Waals surface area contributed by atoms with Gasteiger partial charge in [-0.25, -0.2) is 4.39 Å². The Bertz CT molecular complexity index is 1640. The Hall–Kier alpha value is -5.02. The predicted molar refractivity (Wildman–Crippen MR) is 159 cm³/mol. The van der Waals surface area contributed by atoms with Gasteiger partial charge in [-0.3, -0.25) is 9.78 Å². The van der Waals surface area contributed by atoms with Crippen LogP contribution in [0.25, 0.3) is 11.3 Å². The Morgan fingerprint density at radius 1 is 0.951 bits per heavy atom. The number of rotatable bonds is 8. The van der Waals surface area contributed by atoms with Crippen molar-refractivity contribution in [2.75, 3.05) is 16.8 Å². The molecule has 0 saturated carbocycles. The Morgan fingerprint density at radius 2 is 1.71 bits per heavy atom. The molecule has 2 atom stereocenters. The highest BCUT2D eigenvalue weighted by atomic mass is 32.1. The number of carbonyl (C=O) groups excluding carboxylic acids is 1. The van der Waals surface area contributed by atoms with E-state index in [2.05, 4.69) is 15.6 Å². The quantitative estimate of drug-likeness (QED) is 0.204. The maximum absolute atomic E-state index is 13.5. The molecule has 3 aromatic carbocycles. The van der Waals surface area contributed by atoms with Gasteiger partial charge in [0.2, 0.25) is 0 Å². The molecule has 1 aliphatic heterocycles. The van der Waals surface area contributed by atoms with Gasteiger partial charge in [-0.2, -0.15) is 0 Å². The highest BCUT2D eigenvalue weighted by Gasteiger charge is 2.42. The van der Waals surface area contributed by atoms with E-state index in [9.17, 15) is 9.18 Å². The van der Waals surface area contributed by atoms with Gasteiger partial charge in [-0.15, -0.1) is 0 Å². The first-order valence-electron chi connectivity index (χ1n) is 13.0. The van der Waals surface area contributed by atoms with E-state index in [1.165, 1.54) is 12.1 Å². The largest absolute Gasteiger partial charge is 0.484 e. The van der Waals surface area contributed by atoms with Crippen LogP contribution in [0.4, 0.5) is 15.8 Å². The van der Waals surface area contributed by atoms with E-state index in [1.54, 1.807) is 30.5 Å². The number of hydrogen-bond acceptors (Lipinski definition) is 5. The van der Waals surface area contributed by atoms with Crippen LogP contribution in [0.1, 0.15) is 23.5 Å². The van der Waals surface area contributed by atoms with Gasteiger partial charge in [0.05, 0.1) is 11.7 Å². The zero-order valence-electron chi connectivity index (χ0n) is 21.7. The van der Waals surface area contributed by atoms with E-state index in [0.717, 1.165) is 16.9 Å². The van der Waals surface area contributed by atoms with Gasteiger partial charge in [0.25, 0.3) is 5.91 Å². The van der Waals surface area contributed by atoms with Crippen molar-refractivity contribution in [1.29, 1.82) is 0 Å². The van der Waals surface area contributed by atoms with Crippen LogP contribution in [-0.2, 0) is 4.79 Å². The summed E-state index contributed by atoms with van der Waals surface area (Å²) in [6, 6.07) is 31.6. The minimum atomic E-state index is -0.355. The lowest BCUT2D eigenvalue weighted by atomic mass is 10.0. The van der Waals surface area contributed by atoms with Crippen molar-refractivity contribution in [2.45, 2.75) is 12.1 Å². The lowest BCUT2D eigenvalue weighted by Gasteiger charge is -2.26. The summed E-state index contributed by atoms with van der Waals surface area (Å²) in [5.41, 5.74) is 3.01. The van der Waals surface area contributed by atoms with Crippen molar-refractivity contribution >= 4 is 34.6 Å². The molecule has 1 amide bonds. The summed E-state index contributed by atoms with van der Waals surface area (Å²) in [5.74, 6) is 1.34. The van der Waals surface area contributed by atoms with Gasteiger partial charge >= 0.3 is 0 Å². The second-order valence-electron chi connectivity index (χ2n) is 9.40. The molecule has 0 aliphatic carbocycles. The molecule has 0 spiro atoms. The van der Waals surface area contributed by atoms with E-state index < -0.39 is 0 Å². The van der Waals surface area contributed by atoms with Gasteiger partial charge in [0.1, 0.15) is 29.1 Å². The number of para-hydroxylation sites is 1. The lowest BCUT2D eigenvalue weighted by molar-refractivity contribution is -0.118. The number of thiocarbonyl (C=S) groups is 1. The third kappa shape index (κ3) is 5.80. The van der Waals surface area contributed by atoms with Crippen LogP contribution in [-0.4, -0.2) is 22.6 Å². The summed E-state index contributed by atoms with van der Waals surface area (Å²) < 4.78 is 25.3. The number of furan rings is 1. The number of hydrogen-bond donors (Lipinski definition) is 2. The molecule has 7 nitrogen and oxygen atoms in total. The van der Waals surface area contributed by atoms with Gasteiger partial charge < -0.3 is 24.7 Å². The predicted octanol–water partition coefficient (Wildman–Crippen LogP) is 6.68. The van der Waals surface area contributed by atoms with Crippen molar-refractivity contribution in [2.24, 2.45) is 0 Å². The van der Waals surface area contributed by atoms with Gasteiger partial charge in [0, 0.05) is 23.1 Å². The molecule has 1 fully saturated rings. The number of benzene rings is 3. The van der Waals surface area contributed by atoms with Crippen LogP contribution >= 0.6 is 12.2 Å². The molecule has 1 aliphatic rings. The Balaban J connectivity index is 1.25. The Labute approximate surface area is 241 Å². The highest BCUT2D eigenvalue weighted by molar-refractivity contribution is 7.80. The molecular formula is C32H25FN4O3S. The number of nitrogens with one attached hydrogen (secondary N) is 2. The first-order valence-corrected chi connectivity index (χ1v) is 13.4. The zero-order chi connectivity index (χ0) is 28.2. The molecule has 6 rings (SSSR count). The second kappa shape index (κ2) is 11.6. The van der Waals surface area contributed by atoms with E-state index in [4.69, 9.17) is 21.4 Å². The van der Waals surface area contributed by atoms with Crippen molar-refractivity contribution in [3.63, 3.8) is 0 Å². The summed E-state index contributed by atoms with van der Waals surface area (Å²) in [7, 11) is 0. The van der Waals surface area contributed by atoms with Crippen molar-refractivity contribution in [3.05, 3.63) is 133 Å². The standard InChI is InChI=1S/C32H25FN4O3S/c33-22-11-9-21(10-12-22)27-17-18-28(40-27)31-30(26-8-4-5-19-34-26)36-32(41)37(31)24-15-13-23(14-16-24)35-29(38)20-39-25-6-2-1-3-7-25/h1-19,30-31H,20H2,(H,35,38)(H,36,41)/t30-,31+/m1/s1. The van der Waals surface area contributed by atoms with Gasteiger partial charge in [0.15, 0.2) is 11.7 Å². The fraction of sp³-hybridized carbons (Fsp3) is 0.0938. The molecule has 1 saturated heterocycles. The van der Waals surface area contributed by atoms with Crippen LogP contribution in [0.5, 0.6) is 5.75 Å². The number of anilines is 2. The fourth-order valence-electron chi connectivity index (χ4n) is 4.77. The van der Waals surface area contributed by atoms with E-state index in [0.29, 0.717) is 28.1 Å². The Morgan fingerprint density at radius 3 is 2.44 bits per heavy atom. The van der Waals surface area contributed by atoms with Crippen molar-refractivity contribution < 1.29 is 18.3 Å². The summed E-state index contributed by atoms with van der Waals surface area (Å²) >= 11 is 5.79. The minimum Gasteiger partial charge on any atom is -0.484 e. The summed E-state index contributed by atoms with van der Waals surface area (Å²) in [5, 5.41) is 6.77. The van der Waals surface area contributed by atoms with Crippen LogP contribution in [0.2, 0.25) is 0 Å². The molecule has 2 aromatic heterocycles. The summed E-state index contributed by atoms with van der Waals surface area (Å²) in [6.45, 7) is -0.103. The highest BCUT2D eigenvalue weighted by Crippen LogP contribution is 2.43. The average Bonchev–Trinajstić information content (AvgIpc) is 3.63. The normalized spacial score (nSPS) is 16.3. The van der Waals surface area contributed by atoms with Crippen LogP contribution in [0.15, 0.2) is 120 Å². The third-order valence-electron chi connectivity index (χ3n) is 6.69. The number of ether oxygens (including phenoxy) is 1. The van der Waals surface area contributed by atoms with Crippen LogP contribution < -0.4 is 20.3 Å². The first-order chi connectivity index (χ1) is 20.0. The van der Waals surface area contributed by atoms with E-state index >= 15 is 0 Å². The van der Waals surface area contributed by atoms with Crippen molar-refractivity contribution in [3.8, 4) is 17.1 Å². The molecular weight excluding hydrogens is 539 g/mol. The van der Waals surface area contributed by atoms with Gasteiger partial charge in [-0.05, 0) is 97.1 Å². The monoisotopic (exact) mass is 564 g/mol. The molecule has 204 valence electrons. The second-order valence-corrected chi connectivity index (χ2v) is 9.79. The zero-order valence-corrected chi connectivity index (χ0v) is 22.6. The molecule has 41 heavy (non-hydrogen) atoms. The number of pyridine rings is 1. The molecule has 3 heterocycles. The topological polar surface area (TPSA) is 79.6 Å². The van der Waals surface area contributed by atoms with E-state index in [1.807, 2.05) is 77.7 Å². The lowest BCUT2D eigenvalue weighted by Crippen LogP contribution is -2.29. The number of halogens is 1. The molecule has 9 heteroatoms. The smallest absolute Gasteiger partial charge is 0.262 e. The number of nitrogens with zero attached hydrogens (tertiary/aromatic N) is 2. The maximum Gasteiger partial charge on any atom is 0.262 e. The van der Waals surface area contributed by atoms with Crippen molar-refractivity contribution in [1.82, 2.24) is 10.3 Å². The SMILES string of the molecule is O=C(COc1ccccc1)Nc1ccc(N2C(=S)N[C@H](c3ccccn3)[C@@H]2c2ccc(-c3ccc(F)cc3)o2)cc1. The molecule has 0 bridgehead atoms. The molecule has 2 N–H and O–H groups in total. The number of amides is 1. The molecule has 5 aromatic rings. The molecule has 0 unspecified atom stereocenters. The molecule has 0 radical (unpaired) electrons. The summed E-state index contributed by atoms with van der Waals surface area (Å²) in [6.07, 6.45) is 1.74. The number of carbonyl (C=O) groups is 1. The number of aromatic nitrogens is 1. The van der Waals surface area contributed by atoms with Crippen LogP contribution in [0, 0.1) is 5.82 Å². The van der Waals surface area contributed by atoms with Gasteiger partial charge in [-0.1, -0.05) is 24.3 Å². The van der Waals surface area contributed by atoms with Crippen LogP contribution in [0.3, 0.4) is 0 Å². The van der Waals surface area contributed by atoms with E-state index in [-0.39, 0.29) is 30.4 Å².